The highest BCUT2D eigenvalue weighted by Gasteiger charge is 2.21. The van der Waals surface area contributed by atoms with Gasteiger partial charge in [-0.2, -0.15) is 0 Å². The zero-order valence-electron chi connectivity index (χ0n) is 13.7. The molecule has 5 heteroatoms. The van der Waals surface area contributed by atoms with Crippen molar-refractivity contribution in [3.05, 3.63) is 54.0 Å². The van der Waals surface area contributed by atoms with Gasteiger partial charge in [0.1, 0.15) is 11.6 Å². The van der Waals surface area contributed by atoms with Gasteiger partial charge in [-0.05, 0) is 30.2 Å². The summed E-state index contributed by atoms with van der Waals surface area (Å²) in [6.45, 7) is 6.15. The molecule has 0 bridgehead atoms. The summed E-state index contributed by atoms with van der Waals surface area (Å²) in [7, 11) is 0. The van der Waals surface area contributed by atoms with Crippen LogP contribution >= 0.6 is 0 Å². The van der Waals surface area contributed by atoms with E-state index < -0.39 is 5.41 Å². The van der Waals surface area contributed by atoms with Crippen LogP contribution < -0.4 is 10.6 Å². The van der Waals surface area contributed by atoms with Gasteiger partial charge in [-0.3, -0.25) is 4.79 Å². The van der Waals surface area contributed by atoms with Crippen LogP contribution in [0.4, 0.5) is 15.9 Å². The Bertz CT molecular complexity index is 663. The molecule has 2 N–H and O–H groups in total. The third kappa shape index (κ3) is 5.06. The number of carbonyl (C=O) groups is 1. The van der Waals surface area contributed by atoms with Crippen LogP contribution in [0.3, 0.4) is 0 Å². The third-order valence-electron chi connectivity index (χ3n) is 3.36. The molecule has 1 amide bonds. The molecular weight excluding hydrogens is 293 g/mol. The fraction of sp³-hybridized carbons (Fsp3) is 0.333. The highest BCUT2D eigenvalue weighted by atomic mass is 19.1. The first-order valence-electron chi connectivity index (χ1n) is 7.61. The predicted molar refractivity (Wildman–Crippen MR) is 90.9 cm³/mol. The first kappa shape index (κ1) is 16.9. The minimum Gasteiger partial charge on any atom is -0.370 e. The van der Waals surface area contributed by atoms with Gasteiger partial charge in [-0.25, -0.2) is 9.37 Å². The number of nitrogens with zero attached hydrogens (tertiary/aromatic N) is 1. The normalized spacial score (nSPS) is 11.1. The first-order chi connectivity index (χ1) is 10.9. The van der Waals surface area contributed by atoms with Gasteiger partial charge >= 0.3 is 0 Å². The molecule has 2 aromatic rings. The van der Waals surface area contributed by atoms with E-state index in [1.165, 1.54) is 6.07 Å². The van der Waals surface area contributed by atoms with E-state index in [2.05, 4.69) is 15.6 Å². The Kier molecular flexibility index (Phi) is 5.32. The lowest BCUT2D eigenvalue weighted by molar-refractivity contribution is -0.123. The molecule has 0 aliphatic rings. The van der Waals surface area contributed by atoms with Gasteiger partial charge in [-0.15, -0.1) is 0 Å². The Morgan fingerprint density at radius 2 is 1.91 bits per heavy atom. The van der Waals surface area contributed by atoms with Crippen LogP contribution in [-0.2, 0) is 11.2 Å². The van der Waals surface area contributed by atoms with Gasteiger partial charge < -0.3 is 10.6 Å². The monoisotopic (exact) mass is 315 g/mol. The Hall–Kier alpha value is -2.43. The molecule has 0 aliphatic carbocycles. The molecular formula is C18H22FN3O. The van der Waals surface area contributed by atoms with Gasteiger partial charge in [0.15, 0.2) is 0 Å². The zero-order valence-corrected chi connectivity index (χ0v) is 13.7. The maximum atomic E-state index is 13.5. The summed E-state index contributed by atoms with van der Waals surface area (Å²) < 4.78 is 13.5. The summed E-state index contributed by atoms with van der Waals surface area (Å²) in [6, 6.07) is 10.3. The lowest BCUT2D eigenvalue weighted by Gasteiger charge is -2.17. The van der Waals surface area contributed by atoms with Crippen molar-refractivity contribution in [2.45, 2.75) is 27.2 Å². The summed E-state index contributed by atoms with van der Waals surface area (Å²) in [5.41, 5.74) is 0.884. The van der Waals surface area contributed by atoms with Crippen molar-refractivity contribution in [3.8, 4) is 0 Å². The van der Waals surface area contributed by atoms with Gasteiger partial charge in [0.2, 0.25) is 5.91 Å². The van der Waals surface area contributed by atoms with Gasteiger partial charge in [0.05, 0.1) is 11.9 Å². The second-order valence-electron chi connectivity index (χ2n) is 6.40. The Balaban J connectivity index is 1.86. The number of benzene rings is 1. The Morgan fingerprint density at radius 3 is 2.52 bits per heavy atom. The summed E-state index contributed by atoms with van der Waals surface area (Å²) >= 11 is 0. The largest absolute Gasteiger partial charge is 0.370 e. The topological polar surface area (TPSA) is 54.0 Å². The molecule has 0 saturated heterocycles. The molecule has 0 atom stereocenters. The molecule has 4 nitrogen and oxygen atoms in total. The summed E-state index contributed by atoms with van der Waals surface area (Å²) in [4.78, 5) is 16.1. The molecule has 2 rings (SSSR count). The average molecular weight is 315 g/mol. The summed E-state index contributed by atoms with van der Waals surface area (Å²) in [5, 5.41) is 5.96. The van der Waals surface area contributed by atoms with Crippen molar-refractivity contribution < 1.29 is 9.18 Å². The van der Waals surface area contributed by atoms with Gasteiger partial charge in [0.25, 0.3) is 0 Å². The van der Waals surface area contributed by atoms with E-state index in [1.54, 1.807) is 30.5 Å². The Morgan fingerprint density at radius 1 is 1.17 bits per heavy atom. The molecule has 0 radical (unpaired) electrons. The molecule has 0 aliphatic heterocycles. The quantitative estimate of drug-likeness (QED) is 0.881. The van der Waals surface area contributed by atoms with Gasteiger partial charge in [-0.1, -0.05) is 39.0 Å². The summed E-state index contributed by atoms with van der Waals surface area (Å²) in [6.07, 6.45) is 2.19. The molecule has 122 valence electrons. The number of hydrogen-bond acceptors (Lipinski definition) is 3. The fourth-order valence-corrected chi connectivity index (χ4v) is 1.92. The molecule has 0 spiro atoms. The number of hydrogen-bond donors (Lipinski definition) is 2. The number of anilines is 2. The number of pyridine rings is 1. The van der Waals surface area contributed by atoms with Crippen molar-refractivity contribution in [2.24, 2.45) is 5.41 Å². The van der Waals surface area contributed by atoms with Crippen LogP contribution in [0.25, 0.3) is 0 Å². The van der Waals surface area contributed by atoms with Crippen molar-refractivity contribution in [2.75, 3.05) is 17.2 Å². The minimum atomic E-state index is -0.448. The van der Waals surface area contributed by atoms with Crippen LogP contribution in [0.5, 0.6) is 0 Å². The highest BCUT2D eigenvalue weighted by Crippen LogP contribution is 2.17. The molecule has 1 aromatic heterocycles. The Labute approximate surface area is 136 Å². The number of amides is 1. The standard InChI is InChI=1S/C18H22FN3O/c1-18(2,3)17(23)22-14-8-9-16(21-12-14)20-11-10-13-6-4-5-7-15(13)19/h4-9,12H,10-11H2,1-3H3,(H,20,21)(H,22,23). The molecule has 1 aromatic carbocycles. The van der Waals surface area contributed by atoms with E-state index in [4.69, 9.17) is 0 Å². The number of rotatable bonds is 5. The van der Waals surface area contributed by atoms with Crippen molar-refractivity contribution in [3.63, 3.8) is 0 Å². The van der Waals surface area contributed by atoms with Crippen LogP contribution in [0.1, 0.15) is 26.3 Å². The fourth-order valence-electron chi connectivity index (χ4n) is 1.92. The maximum Gasteiger partial charge on any atom is 0.229 e. The maximum absolute atomic E-state index is 13.5. The molecule has 0 fully saturated rings. The zero-order chi connectivity index (χ0) is 16.9. The smallest absolute Gasteiger partial charge is 0.229 e. The third-order valence-corrected chi connectivity index (χ3v) is 3.36. The second kappa shape index (κ2) is 7.22. The van der Waals surface area contributed by atoms with Gasteiger partial charge in [0, 0.05) is 12.0 Å². The van der Waals surface area contributed by atoms with E-state index >= 15 is 0 Å². The van der Waals surface area contributed by atoms with E-state index in [-0.39, 0.29) is 11.7 Å². The second-order valence-corrected chi connectivity index (χ2v) is 6.40. The average Bonchev–Trinajstić information content (AvgIpc) is 2.50. The first-order valence-corrected chi connectivity index (χ1v) is 7.61. The number of halogens is 1. The van der Waals surface area contributed by atoms with Crippen molar-refractivity contribution in [1.29, 1.82) is 0 Å². The van der Waals surface area contributed by atoms with Crippen LogP contribution in [-0.4, -0.2) is 17.4 Å². The summed E-state index contributed by atoms with van der Waals surface area (Å²) in [5.74, 6) is 0.442. The van der Waals surface area contributed by atoms with Crippen LogP contribution in [0, 0.1) is 11.2 Å². The highest BCUT2D eigenvalue weighted by molar-refractivity contribution is 5.94. The lowest BCUT2D eigenvalue weighted by atomic mass is 9.96. The lowest BCUT2D eigenvalue weighted by Crippen LogP contribution is -2.27. The van der Waals surface area contributed by atoms with E-state index in [1.807, 2.05) is 26.8 Å². The molecule has 23 heavy (non-hydrogen) atoms. The molecule has 1 heterocycles. The molecule has 0 saturated carbocycles. The van der Waals surface area contributed by atoms with Crippen LogP contribution in [0.15, 0.2) is 42.6 Å². The van der Waals surface area contributed by atoms with Crippen molar-refractivity contribution >= 4 is 17.4 Å². The van der Waals surface area contributed by atoms with E-state index in [9.17, 15) is 9.18 Å². The predicted octanol–water partition coefficient (Wildman–Crippen LogP) is 3.86. The SMILES string of the molecule is CC(C)(C)C(=O)Nc1ccc(NCCc2ccccc2F)nc1. The molecule has 0 unspecified atom stereocenters. The van der Waals surface area contributed by atoms with E-state index in [0.717, 1.165) is 0 Å². The number of aromatic nitrogens is 1. The van der Waals surface area contributed by atoms with E-state index in [0.29, 0.717) is 30.0 Å². The van der Waals surface area contributed by atoms with Crippen molar-refractivity contribution in [1.82, 2.24) is 4.98 Å². The number of carbonyl (C=O) groups excluding carboxylic acids is 1. The minimum absolute atomic E-state index is 0.0560. The van der Waals surface area contributed by atoms with Crippen LogP contribution in [0.2, 0.25) is 0 Å². The number of nitrogens with one attached hydrogen (secondary N) is 2.